The molecule has 0 spiro atoms. The number of aromatic amines is 1. The van der Waals surface area contributed by atoms with Gasteiger partial charge in [0.05, 0.1) is 5.69 Å². The maximum Gasteiger partial charge on any atom is 0.0625 e. The van der Waals surface area contributed by atoms with E-state index in [2.05, 4.69) is 34.3 Å². The van der Waals surface area contributed by atoms with Gasteiger partial charge in [0.25, 0.3) is 0 Å². The van der Waals surface area contributed by atoms with Crippen molar-refractivity contribution in [2.45, 2.75) is 26.7 Å². The van der Waals surface area contributed by atoms with Crippen molar-refractivity contribution in [1.82, 2.24) is 20.4 Å². The fraction of sp³-hybridized carbons (Fsp3) is 0.750. The first kappa shape index (κ1) is 11.6. The minimum Gasteiger partial charge on any atom is -0.314 e. The zero-order chi connectivity index (χ0) is 11.4. The lowest BCUT2D eigenvalue weighted by atomic mass is 10.1. The molecule has 16 heavy (non-hydrogen) atoms. The van der Waals surface area contributed by atoms with Gasteiger partial charge in [-0.2, -0.15) is 5.10 Å². The van der Waals surface area contributed by atoms with Crippen LogP contribution in [0.1, 0.15) is 23.4 Å². The Morgan fingerprint density at radius 3 is 2.62 bits per heavy atom. The number of H-pyrrole nitrogens is 1. The Morgan fingerprint density at radius 2 is 2.00 bits per heavy atom. The Hall–Kier alpha value is -0.870. The lowest BCUT2D eigenvalue weighted by molar-refractivity contribution is 0.238. The summed E-state index contributed by atoms with van der Waals surface area (Å²) in [6.07, 6.45) is 2.39. The van der Waals surface area contributed by atoms with Crippen LogP contribution in [0.3, 0.4) is 0 Å². The molecule has 0 aliphatic carbocycles. The predicted molar refractivity (Wildman–Crippen MR) is 65.7 cm³/mol. The highest BCUT2D eigenvalue weighted by Crippen LogP contribution is 2.12. The standard InChI is InChI=1S/C12H22N4/c1-10-12(11(2)15-14-10)4-3-7-16-8-5-13-6-9-16/h13H,3-9H2,1-2H3,(H,14,15). The smallest absolute Gasteiger partial charge is 0.0625 e. The number of aryl methyl sites for hydroxylation is 2. The quantitative estimate of drug-likeness (QED) is 0.794. The van der Waals surface area contributed by atoms with Gasteiger partial charge in [0.2, 0.25) is 0 Å². The largest absolute Gasteiger partial charge is 0.314 e. The third-order valence-corrected chi connectivity index (χ3v) is 3.39. The maximum atomic E-state index is 4.23. The van der Waals surface area contributed by atoms with Gasteiger partial charge in [0.15, 0.2) is 0 Å². The van der Waals surface area contributed by atoms with Crippen LogP contribution >= 0.6 is 0 Å². The van der Waals surface area contributed by atoms with Gasteiger partial charge < -0.3 is 10.2 Å². The summed E-state index contributed by atoms with van der Waals surface area (Å²) >= 11 is 0. The summed E-state index contributed by atoms with van der Waals surface area (Å²) in [4.78, 5) is 2.54. The average molecular weight is 222 g/mol. The van der Waals surface area contributed by atoms with Crippen molar-refractivity contribution in [2.75, 3.05) is 32.7 Å². The minimum absolute atomic E-state index is 1.14. The van der Waals surface area contributed by atoms with Crippen molar-refractivity contribution in [3.05, 3.63) is 17.0 Å². The van der Waals surface area contributed by atoms with Gasteiger partial charge in [-0.1, -0.05) is 0 Å². The van der Waals surface area contributed by atoms with Gasteiger partial charge >= 0.3 is 0 Å². The summed E-state index contributed by atoms with van der Waals surface area (Å²) in [6.45, 7) is 10.1. The van der Waals surface area contributed by atoms with Gasteiger partial charge in [-0.25, -0.2) is 0 Å². The number of nitrogens with zero attached hydrogens (tertiary/aromatic N) is 2. The number of hydrogen-bond acceptors (Lipinski definition) is 3. The van der Waals surface area contributed by atoms with Crippen LogP contribution in [0.2, 0.25) is 0 Å². The molecule has 90 valence electrons. The predicted octanol–water partition coefficient (Wildman–Crippen LogP) is 0.864. The molecule has 0 bridgehead atoms. The molecule has 1 saturated heterocycles. The third kappa shape index (κ3) is 2.83. The SMILES string of the molecule is Cc1n[nH]c(C)c1CCCN1CCNCC1. The molecule has 0 saturated carbocycles. The van der Waals surface area contributed by atoms with Gasteiger partial charge in [0, 0.05) is 31.9 Å². The van der Waals surface area contributed by atoms with Crippen molar-refractivity contribution in [3.8, 4) is 0 Å². The van der Waals surface area contributed by atoms with Crippen molar-refractivity contribution >= 4 is 0 Å². The molecule has 1 fully saturated rings. The fourth-order valence-corrected chi connectivity index (χ4v) is 2.36. The van der Waals surface area contributed by atoms with E-state index < -0.39 is 0 Å². The summed E-state index contributed by atoms with van der Waals surface area (Å²) in [5.74, 6) is 0. The molecule has 2 heterocycles. The third-order valence-electron chi connectivity index (χ3n) is 3.39. The van der Waals surface area contributed by atoms with Crippen LogP contribution in [0.25, 0.3) is 0 Å². The number of rotatable bonds is 4. The second kappa shape index (κ2) is 5.46. The van der Waals surface area contributed by atoms with Crippen LogP contribution in [0.15, 0.2) is 0 Å². The topological polar surface area (TPSA) is 44.0 Å². The van der Waals surface area contributed by atoms with E-state index in [1.54, 1.807) is 0 Å². The highest BCUT2D eigenvalue weighted by Gasteiger charge is 2.10. The van der Waals surface area contributed by atoms with Crippen molar-refractivity contribution in [2.24, 2.45) is 0 Å². The fourth-order valence-electron chi connectivity index (χ4n) is 2.36. The lowest BCUT2D eigenvalue weighted by Crippen LogP contribution is -2.43. The van der Waals surface area contributed by atoms with Gasteiger partial charge in [0.1, 0.15) is 0 Å². The molecule has 0 aromatic carbocycles. The highest BCUT2D eigenvalue weighted by atomic mass is 15.2. The van der Waals surface area contributed by atoms with E-state index in [1.807, 2.05) is 0 Å². The first-order chi connectivity index (χ1) is 7.77. The monoisotopic (exact) mass is 222 g/mol. The maximum absolute atomic E-state index is 4.23. The van der Waals surface area contributed by atoms with Crippen molar-refractivity contribution in [1.29, 1.82) is 0 Å². The Bertz CT molecular complexity index is 306. The first-order valence-corrected chi connectivity index (χ1v) is 6.21. The van der Waals surface area contributed by atoms with E-state index in [0.717, 1.165) is 25.2 Å². The normalized spacial score (nSPS) is 17.9. The van der Waals surface area contributed by atoms with Gasteiger partial charge in [-0.15, -0.1) is 0 Å². The van der Waals surface area contributed by atoms with Crippen LogP contribution in [-0.4, -0.2) is 47.8 Å². The molecule has 2 N–H and O–H groups in total. The number of hydrogen-bond donors (Lipinski definition) is 2. The zero-order valence-corrected chi connectivity index (χ0v) is 10.3. The Kier molecular flexibility index (Phi) is 3.96. The summed E-state index contributed by atoms with van der Waals surface area (Å²) in [6, 6.07) is 0. The van der Waals surface area contributed by atoms with Gasteiger partial charge in [-0.05, 0) is 38.8 Å². The molecule has 0 radical (unpaired) electrons. The molecule has 4 heteroatoms. The Labute approximate surface area is 97.4 Å². The van der Waals surface area contributed by atoms with E-state index >= 15 is 0 Å². The molecular weight excluding hydrogens is 200 g/mol. The van der Waals surface area contributed by atoms with Crippen LogP contribution in [-0.2, 0) is 6.42 Å². The number of piperazine rings is 1. The Morgan fingerprint density at radius 1 is 1.25 bits per heavy atom. The molecular formula is C12H22N4. The first-order valence-electron chi connectivity index (χ1n) is 6.21. The van der Waals surface area contributed by atoms with Crippen LogP contribution in [0.4, 0.5) is 0 Å². The van der Waals surface area contributed by atoms with Crippen molar-refractivity contribution < 1.29 is 0 Å². The number of aromatic nitrogens is 2. The second-order valence-electron chi connectivity index (χ2n) is 4.61. The number of nitrogens with one attached hydrogen (secondary N) is 2. The summed E-state index contributed by atoms with van der Waals surface area (Å²) in [5.41, 5.74) is 3.81. The lowest BCUT2D eigenvalue weighted by Gasteiger charge is -2.27. The highest BCUT2D eigenvalue weighted by molar-refractivity contribution is 5.23. The van der Waals surface area contributed by atoms with E-state index in [4.69, 9.17) is 0 Å². The second-order valence-corrected chi connectivity index (χ2v) is 4.61. The molecule has 4 nitrogen and oxygen atoms in total. The van der Waals surface area contributed by atoms with E-state index in [-0.39, 0.29) is 0 Å². The molecule has 2 rings (SSSR count). The summed E-state index contributed by atoms with van der Waals surface area (Å²) < 4.78 is 0. The van der Waals surface area contributed by atoms with E-state index in [0.29, 0.717) is 0 Å². The zero-order valence-electron chi connectivity index (χ0n) is 10.3. The average Bonchev–Trinajstić information content (AvgIpc) is 2.62. The molecule has 1 aromatic rings. The molecule has 1 aromatic heterocycles. The van der Waals surface area contributed by atoms with Gasteiger partial charge in [-0.3, -0.25) is 5.10 Å². The van der Waals surface area contributed by atoms with E-state index in [1.165, 1.54) is 37.3 Å². The molecule has 1 aliphatic rings. The van der Waals surface area contributed by atoms with Crippen LogP contribution in [0, 0.1) is 13.8 Å². The minimum atomic E-state index is 1.14. The molecule has 0 atom stereocenters. The molecule has 1 aliphatic heterocycles. The van der Waals surface area contributed by atoms with Crippen molar-refractivity contribution in [3.63, 3.8) is 0 Å². The molecule has 0 unspecified atom stereocenters. The van der Waals surface area contributed by atoms with E-state index in [9.17, 15) is 0 Å². The van der Waals surface area contributed by atoms with Crippen LogP contribution < -0.4 is 5.32 Å². The van der Waals surface area contributed by atoms with Crippen LogP contribution in [0.5, 0.6) is 0 Å². The Balaban J connectivity index is 1.75. The summed E-state index contributed by atoms with van der Waals surface area (Å²) in [7, 11) is 0. The summed E-state index contributed by atoms with van der Waals surface area (Å²) in [5, 5.41) is 10.7. The molecule has 0 amide bonds.